The Kier molecular flexibility index (Phi) is 4.69. The van der Waals surface area contributed by atoms with E-state index in [4.69, 9.17) is 4.74 Å². The smallest absolute Gasteiger partial charge is 0.378 e. The van der Waals surface area contributed by atoms with Gasteiger partial charge in [-0.1, -0.05) is 0 Å². The van der Waals surface area contributed by atoms with Crippen LogP contribution in [0.3, 0.4) is 0 Å². The van der Waals surface area contributed by atoms with Crippen LogP contribution in [-0.2, 0) is 10.9 Å². The van der Waals surface area contributed by atoms with E-state index in [1.54, 1.807) is 0 Å². The van der Waals surface area contributed by atoms with Crippen molar-refractivity contribution in [1.82, 2.24) is 14.9 Å². The first-order valence-corrected chi connectivity index (χ1v) is 10.5. The maximum Gasteiger partial charge on any atom is 0.434 e. The second kappa shape index (κ2) is 6.98. The number of anilines is 1. The fourth-order valence-corrected chi connectivity index (χ4v) is 6.04. The number of carbonyl (C=O) groups is 1. The highest BCUT2D eigenvalue weighted by Crippen LogP contribution is 2.62. The van der Waals surface area contributed by atoms with Gasteiger partial charge in [0, 0.05) is 36.7 Å². The lowest BCUT2D eigenvalue weighted by Crippen LogP contribution is -2.62. The zero-order valence-electron chi connectivity index (χ0n) is 16.7. The first-order valence-electron chi connectivity index (χ1n) is 10.5. The molecule has 1 aromatic heterocycles. The van der Waals surface area contributed by atoms with Crippen molar-refractivity contribution in [3.05, 3.63) is 17.5 Å². The van der Waals surface area contributed by atoms with Crippen LogP contribution in [0.25, 0.3) is 0 Å². The molecule has 1 aliphatic heterocycles. The van der Waals surface area contributed by atoms with E-state index in [-0.39, 0.29) is 51.0 Å². The normalized spacial score (nSPS) is 34.1. The summed E-state index contributed by atoms with van der Waals surface area (Å²) < 4.78 is 75.4. The molecule has 5 aliphatic rings. The topological polar surface area (TPSA) is 67.4 Å². The quantitative estimate of drug-likeness (QED) is 0.719. The summed E-state index contributed by atoms with van der Waals surface area (Å²) in [4.78, 5) is 21.6. The Morgan fingerprint density at radius 3 is 2.39 bits per heavy atom. The highest BCUT2D eigenvalue weighted by molar-refractivity contribution is 5.95. The predicted molar refractivity (Wildman–Crippen MR) is 98.6 cm³/mol. The number of hydrogen-bond acceptors (Lipinski definition) is 5. The first kappa shape index (κ1) is 20.8. The Bertz CT molecular complexity index is 869. The van der Waals surface area contributed by atoms with Gasteiger partial charge in [-0.25, -0.2) is 18.7 Å². The molecule has 0 radical (unpaired) electrons. The van der Waals surface area contributed by atoms with Crippen molar-refractivity contribution < 1.29 is 31.5 Å². The van der Waals surface area contributed by atoms with Crippen molar-refractivity contribution in [2.45, 2.75) is 49.7 Å². The van der Waals surface area contributed by atoms with Gasteiger partial charge in [-0.05, 0) is 38.0 Å². The summed E-state index contributed by atoms with van der Waals surface area (Å²) in [5.41, 5.74) is -2.65. The van der Waals surface area contributed by atoms with Gasteiger partial charge in [0.05, 0.1) is 18.8 Å². The van der Waals surface area contributed by atoms with E-state index in [1.165, 1.54) is 4.90 Å². The van der Waals surface area contributed by atoms with E-state index in [9.17, 15) is 26.7 Å². The van der Waals surface area contributed by atoms with Crippen molar-refractivity contribution in [2.75, 3.05) is 31.6 Å². The third-order valence-corrected chi connectivity index (χ3v) is 7.24. The number of amides is 1. The lowest BCUT2D eigenvalue weighted by atomic mass is 9.51. The number of morpholine rings is 1. The molecule has 4 bridgehead atoms. The summed E-state index contributed by atoms with van der Waals surface area (Å²) in [6, 6.07) is 0. The second-order valence-electron chi connectivity index (χ2n) is 9.28. The summed E-state index contributed by atoms with van der Waals surface area (Å²) in [7, 11) is 0. The van der Waals surface area contributed by atoms with E-state index in [1.807, 2.05) is 0 Å². The van der Waals surface area contributed by atoms with E-state index in [0.29, 0.717) is 19.3 Å². The number of alkyl halides is 5. The van der Waals surface area contributed by atoms with E-state index < -0.39 is 46.6 Å². The largest absolute Gasteiger partial charge is 0.434 e. The van der Waals surface area contributed by atoms with Crippen molar-refractivity contribution in [3.63, 3.8) is 0 Å². The molecule has 6 nitrogen and oxygen atoms in total. The summed E-state index contributed by atoms with van der Waals surface area (Å²) in [6.45, 7) is 0.893. The molecule has 5 fully saturated rings. The Morgan fingerprint density at radius 2 is 1.77 bits per heavy atom. The summed E-state index contributed by atoms with van der Waals surface area (Å²) in [5, 5.41) is 2.98. The number of carbonyl (C=O) groups excluding carboxylic acids is 1. The van der Waals surface area contributed by atoms with Gasteiger partial charge in [0.15, 0.2) is 5.69 Å². The molecular weight excluding hydrogens is 423 g/mol. The minimum absolute atomic E-state index is 0.133. The molecule has 2 heterocycles. The van der Waals surface area contributed by atoms with Gasteiger partial charge >= 0.3 is 6.18 Å². The van der Waals surface area contributed by atoms with Crippen molar-refractivity contribution in [2.24, 2.45) is 17.8 Å². The molecule has 0 spiro atoms. The Hall–Kier alpha value is -2.04. The van der Waals surface area contributed by atoms with Crippen LogP contribution in [0.4, 0.5) is 27.9 Å². The van der Waals surface area contributed by atoms with Gasteiger partial charge in [0.25, 0.3) is 11.8 Å². The van der Waals surface area contributed by atoms with E-state index in [2.05, 4.69) is 15.3 Å². The van der Waals surface area contributed by atoms with Crippen molar-refractivity contribution in [3.8, 4) is 0 Å². The maximum atomic E-state index is 14.5. The molecule has 1 aromatic rings. The fourth-order valence-electron chi connectivity index (χ4n) is 6.04. The van der Waals surface area contributed by atoms with Gasteiger partial charge in [0.2, 0.25) is 5.95 Å². The average Bonchev–Trinajstić information content (AvgIpc) is 2.71. The highest BCUT2D eigenvalue weighted by Gasteiger charge is 2.64. The molecule has 170 valence electrons. The van der Waals surface area contributed by atoms with Crippen LogP contribution in [0.2, 0.25) is 0 Å². The number of nitrogens with zero attached hydrogens (tertiary/aromatic N) is 3. The van der Waals surface area contributed by atoms with Crippen LogP contribution in [0.15, 0.2) is 6.20 Å². The van der Waals surface area contributed by atoms with Crippen LogP contribution in [-0.4, -0.2) is 58.5 Å². The lowest BCUT2D eigenvalue weighted by molar-refractivity contribution is -0.202. The molecule has 6 rings (SSSR count). The van der Waals surface area contributed by atoms with Crippen LogP contribution >= 0.6 is 0 Å². The SMILES string of the molecule is O=C(c1cnc(NC23CC4CC(C2)C(F)(F)C(C4)C3)nc1C(F)(F)F)N1CCOCC1. The standard InChI is InChI=1S/C20H23F5N4O2/c21-19(22)12-5-11-6-13(19)9-18(7-11,8-12)28-17-26-10-14(15(27-17)20(23,24)25)16(30)29-1-3-31-4-2-29/h10-13H,1-9H2,(H,26,27,28). The van der Waals surface area contributed by atoms with Crippen LogP contribution in [0.5, 0.6) is 0 Å². The number of aromatic nitrogens is 2. The number of ether oxygens (including phenoxy) is 1. The first-order chi connectivity index (χ1) is 14.6. The third kappa shape index (κ3) is 3.54. The molecule has 11 heteroatoms. The summed E-state index contributed by atoms with van der Waals surface area (Å²) in [6.07, 6.45) is -2.06. The highest BCUT2D eigenvalue weighted by atomic mass is 19.4. The Morgan fingerprint density at radius 1 is 1.13 bits per heavy atom. The summed E-state index contributed by atoms with van der Waals surface area (Å²) >= 11 is 0. The molecular formula is C20H23F5N4O2. The molecule has 1 saturated heterocycles. The lowest BCUT2D eigenvalue weighted by Gasteiger charge is -2.59. The van der Waals surface area contributed by atoms with Gasteiger partial charge in [-0.15, -0.1) is 0 Å². The average molecular weight is 446 g/mol. The molecule has 4 saturated carbocycles. The molecule has 4 aliphatic carbocycles. The van der Waals surface area contributed by atoms with Crippen LogP contribution in [0, 0.1) is 17.8 Å². The minimum atomic E-state index is -4.86. The van der Waals surface area contributed by atoms with Gasteiger partial charge in [-0.2, -0.15) is 13.2 Å². The molecule has 2 unspecified atom stereocenters. The fraction of sp³-hybridized carbons (Fsp3) is 0.750. The van der Waals surface area contributed by atoms with E-state index >= 15 is 0 Å². The van der Waals surface area contributed by atoms with Crippen molar-refractivity contribution in [1.29, 1.82) is 0 Å². The number of hydrogen-bond donors (Lipinski definition) is 1. The monoisotopic (exact) mass is 446 g/mol. The van der Waals surface area contributed by atoms with Crippen LogP contribution < -0.4 is 5.32 Å². The van der Waals surface area contributed by atoms with Crippen LogP contribution in [0.1, 0.15) is 48.2 Å². The molecule has 31 heavy (non-hydrogen) atoms. The zero-order chi connectivity index (χ0) is 22.0. The number of nitrogens with one attached hydrogen (secondary N) is 1. The van der Waals surface area contributed by atoms with Gasteiger partial charge < -0.3 is 15.0 Å². The zero-order valence-corrected chi connectivity index (χ0v) is 16.7. The van der Waals surface area contributed by atoms with Gasteiger partial charge in [-0.3, -0.25) is 4.79 Å². The Balaban J connectivity index is 1.43. The summed E-state index contributed by atoms with van der Waals surface area (Å²) in [5.74, 6) is -5.19. The Labute approximate surface area is 175 Å². The molecule has 2 atom stereocenters. The van der Waals surface area contributed by atoms with Crippen molar-refractivity contribution >= 4 is 11.9 Å². The predicted octanol–water partition coefficient (Wildman–Crippen LogP) is 3.59. The molecule has 1 N–H and O–H groups in total. The third-order valence-electron chi connectivity index (χ3n) is 7.24. The number of halogens is 5. The molecule has 1 amide bonds. The van der Waals surface area contributed by atoms with Gasteiger partial charge in [0.1, 0.15) is 0 Å². The maximum absolute atomic E-state index is 14.5. The molecule has 0 aromatic carbocycles. The van der Waals surface area contributed by atoms with E-state index in [0.717, 1.165) is 6.20 Å². The minimum Gasteiger partial charge on any atom is -0.378 e. The second-order valence-corrected chi connectivity index (χ2v) is 9.28. The number of rotatable bonds is 3.